The summed E-state index contributed by atoms with van der Waals surface area (Å²) in [4.78, 5) is 35.6. The van der Waals surface area contributed by atoms with Crippen LogP contribution in [0.15, 0.2) is 39.9 Å². The van der Waals surface area contributed by atoms with Crippen LogP contribution in [0.2, 0.25) is 5.02 Å². The molecule has 0 radical (unpaired) electrons. The molecule has 2 aromatic carbocycles. The van der Waals surface area contributed by atoms with Gasteiger partial charge >= 0.3 is 11.8 Å². The first kappa shape index (κ1) is 26.1. The molecule has 0 aromatic heterocycles. The Balaban J connectivity index is 2.03. The van der Waals surface area contributed by atoms with Gasteiger partial charge in [0, 0.05) is 16.8 Å². The molecule has 0 unspecified atom stereocenters. The van der Waals surface area contributed by atoms with E-state index < -0.39 is 11.8 Å². The maximum absolute atomic E-state index is 12.3. The highest BCUT2D eigenvalue weighted by atomic mass is 79.9. The van der Waals surface area contributed by atoms with Crippen LogP contribution in [-0.4, -0.2) is 43.7 Å². The maximum Gasteiger partial charge on any atom is 0.329 e. The fraction of sp³-hybridized carbons (Fsp3) is 0.273. The van der Waals surface area contributed by atoms with E-state index in [9.17, 15) is 14.4 Å². The molecule has 0 saturated heterocycles. The number of nitrogens with zero attached hydrogens (tertiary/aromatic N) is 1. The summed E-state index contributed by atoms with van der Waals surface area (Å²) in [6.45, 7) is 5.06. The number of carbonyl (C=O) groups excluding carboxylic acids is 3. The molecular formula is C22H24BrClN4O5. The fourth-order valence-electron chi connectivity index (χ4n) is 2.55. The monoisotopic (exact) mass is 538 g/mol. The van der Waals surface area contributed by atoms with Crippen LogP contribution in [0.3, 0.4) is 0 Å². The van der Waals surface area contributed by atoms with Crippen molar-refractivity contribution >= 4 is 57.2 Å². The van der Waals surface area contributed by atoms with Gasteiger partial charge in [0.05, 0.1) is 17.8 Å². The Morgan fingerprint density at radius 1 is 1.18 bits per heavy atom. The van der Waals surface area contributed by atoms with Gasteiger partial charge in [-0.1, -0.05) is 17.7 Å². The minimum absolute atomic E-state index is 0.170. The first-order chi connectivity index (χ1) is 15.6. The molecule has 9 nitrogen and oxygen atoms in total. The Labute approximate surface area is 205 Å². The molecule has 2 rings (SSSR count). The Morgan fingerprint density at radius 2 is 1.91 bits per heavy atom. The number of hydrogen-bond donors (Lipinski definition) is 3. The lowest BCUT2D eigenvalue weighted by atomic mass is 10.2. The number of nitrogens with one attached hydrogen (secondary N) is 3. The van der Waals surface area contributed by atoms with Crippen LogP contribution in [0, 0.1) is 6.92 Å². The van der Waals surface area contributed by atoms with Crippen LogP contribution in [0.5, 0.6) is 11.5 Å². The summed E-state index contributed by atoms with van der Waals surface area (Å²) >= 11 is 9.36. The summed E-state index contributed by atoms with van der Waals surface area (Å²) in [6, 6.07) is 8.28. The molecule has 0 atom stereocenters. The lowest BCUT2D eigenvalue weighted by Gasteiger charge is -2.14. The summed E-state index contributed by atoms with van der Waals surface area (Å²) in [7, 11) is 1.45. The number of halogens is 2. The fourth-order valence-corrected chi connectivity index (χ4v) is 3.30. The van der Waals surface area contributed by atoms with E-state index in [1.54, 1.807) is 44.2 Å². The summed E-state index contributed by atoms with van der Waals surface area (Å²) in [5.74, 6) is -1.39. The number of aryl methyl sites for hydroxylation is 1. The third kappa shape index (κ3) is 8.07. The Kier molecular flexibility index (Phi) is 9.68. The maximum atomic E-state index is 12.3. The molecule has 0 saturated carbocycles. The van der Waals surface area contributed by atoms with Gasteiger partial charge in [-0.25, -0.2) is 5.43 Å². The van der Waals surface area contributed by atoms with Crippen molar-refractivity contribution in [3.8, 4) is 11.5 Å². The van der Waals surface area contributed by atoms with Crippen molar-refractivity contribution in [3.05, 3.63) is 51.0 Å². The minimum Gasteiger partial charge on any atom is -0.493 e. The normalized spacial score (nSPS) is 10.8. The average Bonchev–Trinajstić information content (AvgIpc) is 2.74. The highest BCUT2D eigenvalue weighted by Gasteiger charge is 2.15. The largest absolute Gasteiger partial charge is 0.493 e. The van der Waals surface area contributed by atoms with Crippen molar-refractivity contribution < 1.29 is 23.9 Å². The van der Waals surface area contributed by atoms with E-state index in [0.717, 1.165) is 5.56 Å². The molecule has 2 aromatic rings. The Morgan fingerprint density at radius 3 is 2.58 bits per heavy atom. The molecule has 33 heavy (non-hydrogen) atoms. The zero-order chi connectivity index (χ0) is 24.5. The molecule has 0 spiro atoms. The van der Waals surface area contributed by atoms with Crippen LogP contribution in [-0.2, 0) is 14.4 Å². The zero-order valence-corrected chi connectivity index (χ0v) is 20.8. The average molecular weight is 540 g/mol. The van der Waals surface area contributed by atoms with Gasteiger partial charge in [0.2, 0.25) is 0 Å². The van der Waals surface area contributed by atoms with Gasteiger partial charge in [-0.2, -0.15) is 5.10 Å². The number of amides is 3. The molecule has 0 aliphatic heterocycles. The molecule has 0 heterocycles. The van der Waals surface area contributed by atoms with E-state index in [-0.39, 0.29) is 18.6 Å². The van der Waals surface area contributed by atoms with Crippen LogP contribution in [0.4, 0.5) is 5.69 Å². The lowest BCUT2D eigenvalue weighted by Crippen LogP contribution is -2.41. The van der Waals surface area contributed by atoms with E-state index in [1.807, 2.05) is 6.92 Å². The summed E-state index contributed by atoms with van der Waals surface area (Å²) < 4.78 is 11.5. The summed E-state index contributed by atoms with van der Waals surface area (Å²) in [5.41, 5.74) is 4.16. The Bertz CT molecular complexity index is 1070. The van der Waals surface area contributed by atoms with Gasteiger partial charge in [-0.15, -0.1) is 0 Å². The van der Waals surface area contributed by atoms with E-state index in [2.05, 4.69) is 37.1 Å². The molecule has 3 amide bonds. The molecular weight excluding hydrogens is 516 g/mol. The molecule has 0 bridgehead atoms. The van der Waals surface area contributed by atoms with Crippen LogP contribution >= 0.6 is 27.5 Å². The number of anilines is 1. The van der Waals surface area contributed by atoms with Crippen LogP contribution in [0.1, 0.15) is 25.0 Å². The van der Waals surface area contributed by atoms with Crippen molar-refractivity contribution in [2.24, 2.45) is 5.10 Å². The van der Waals surface area contributed by atoms with Gasteiger partial charge in [0.15, 0.2) is 18.1 Å². The molecule has 3 N–H and O–H groups in total. The predicted octanol–water partition coefficient (Wildman–Crippen LogP) is 3.41. The number of rotatable bonds is 8. The first-order valence-corrected chi connectivity index (χ1v) is 11.0. The number of methoxy groups -OCH3 is 1. The van der Waals surface area contributed by atoms with E-state index >= 15 is 0 Å². The molecule has 0 aliphatic carbocycles. The van der Waals surface area contributed by atoms with Crippen LogP contribution in [0.25, 0.3) is 0 Å². The third-order valence-electron chi connectivity index (χ3n) is 4.08. The molecule has 0 aliphatic rings. The highest BCUT2D eigenvalue weighted by molar-refractivity contribution is 9.10. The van der Waals surface area contributed by atoms with Gasteiger partial charge in [-0.3, -0.25) is 14.4 Å². The van der Waals surface area contributed by atoms with Crippen molar-refractivity contribution in [2.75, 3.05) is 19.0 Å². The zero-order valence-electron chi connectivity index (χ0n) is 18.5. The second-order valence-electron chi connectivity index (χ2n) is 7.16. The quantitative estimate of drug-likeness (QED) is 0.270. The standard InChI is InChI=1S/C22H24BrClN4O5/c1-12(2)26-21(30)22(31)28-25-10-14-7-16(23)20(18(8-14)32-4)33-11-19(29)27-17-9-15(24)6-5-13(17)3/h5-10,12H,11H2,1-4H3,(H,26,30)(H,27,29)(H,28,31)/b25-10-. The first-order valence-electron chi connectivity index (χ1n) is 9.81. The second kappa shape index (κ2) is 12.2. The van der Waals surface area contributed by atoms with E-state index in [4.69, 9.17) is 21.1 Å². The number of carbonyl (C=O) groups is 3. The molecule has 11 heteroatoms. The number of hydrogen-bond acceptors (Lipinski definition) is 6. The smallest absolute Gasteiger partial charge is 0.329 e. The molecule has 0 fully saturated rings. The van der Waals surface area contributed by atoms with Gasteiger partial charge in [0.25, 0.3) is 5.91 Å². The topological polar surface area (TPSA) is 118 Å². The van der Waals surface area contributed by atoms with Gasteiger partial charge in [-0.05, 0) is 72.1 Å². The van der Waals surface area contributed by atoms with Crippen molar-refractivity contribution in [1.82, 2.24) is 10.7 Å². The van der Waals surface area contributed by atoms with E-state index in [0.29, 0.717) is 32.2 Å². The van der Waals surface area contributed by atoms with Crippen LogP contribution < -0.4 is 25.5 Å². The molecule has 176 valence electrons. The highest BCUT2D eigenvalue weighted by Crippen LogP contribution is 2.36. The van der Waals surface area contributed by atoms with E-state index in [1.165, 1.54) is 13.3 Å². The van der Waals surface area contributed by atoms with Crippen molar-refractivity contribution in [3.63, 3.8) is 0 Å². The van der Waals surface area contributed by atoms with Gasteiger partial charge < -0.3 is 20.1 Å². The number of benzene rings is 2. The number of hydrazone groups is 1. The predicted molar refractivity (Wildman–Crippen MR) is 130 cm³/mol. The summed E-state index contributed by atoms with van der Waals surface area (Å²) in [5, 5.41) is 9.50. The Hall–Kier alpha value is -3.11. The third-order valence-corrected chi connectivity index (χ3v) is 4.90. The van der Waals surface area contributed by atoms with Crippen molar-refractivity contribution in [1.29, 1.82) is 0 Å². The minimum atomic E-state index is -0.883. The SMILES string of the molecule is COc1cc(/C=N\NC(=O)C(=O)NC(C)C)cc(Br)c1OCC(=O)Nc1cc(Cl)ccc1C. The summed E-state index contributed by atoms with van der Waals surface area (Å²) in [6.07, 6.45) is 1.34. The second-order valence-corrected chi connectivity index (χ2v) is 8.45. The number of ether oxygens (including phenoxy) is 2. The van der Waals surface area contributed by atoms with Gasteiger partial charge in [0.1, 0.15) is 0 Å². The lowest BCUT2D eigenvalue weighted by molar-refractivity contribution is -0.139. The van der Waals surface area contributed by atoms with Crippen molar-refractivity contribution in [2.45, 2.75) is 26.8 Å².